The van der Waals surface area contributed by atoms with E-state index in [2.05, 4.69) is 24.1 Å². The Labute approximate surface area is 167 Å². The second-order valence-electron chi connectivity index (χ2n) is 7.19. The van der Waals surface area contributed by atoms with Crippen LogP contribution in [0.15, 0.2) is 42.6 Å². The molecule has 0 aliphatic heterocycles. The number of aromatic nitrogens is 2. The highest BCUT2D eigenvalue weighted by Crippen LogP contribution is 2.31. The van der Waals surface area contributed by atoms with E-state index in [-0.39, 0.29) is 28.6 Å². The van der Waals surface area contributed by atoms with Gasteiger partial charge in [-0.1, -0.05) is 13.8 Å². The lowest BCUT2D eigenvalue weighted by atomic mass is 10.1. The van der Waals surface area contributed by atoms with Gasteiger partial charge in [0, 0.05) is 23.9 Å². The Hall–Kier alpha value is -3.68. The van der Waals surface area contributed by atoms with E-state index in [1.807, 2.05) is 0 Å². The topological polar surface area (TPSA) is 128 Å². The first kappa shape index (κ1) is 20.1. The van der Waals surface area contributed by atoms with Crippen molar-refractivity contribution in [1.29, 1.82) is 0 Å². The molecular formula is C21H23N3O5. The molecule has 2 aromatic carbocycles. The molecule has 29 heavy (non-hydrogen) atoms. The van der Waals surface area contributed by atoms with E-state index in [0.717, 1.165) is 6.42 Å². The zero-order valence-electron chi connectivity index (χ0n) is 16.1. The number of phenolic OH excluding ortho intramolecular Hbond substituents is 4. The number of anilines is 1. The van der Waals surface area contributed by atoms with Gasteiger partial charge in [0.15, 0.2) is 23.0 Å². The van der Waals surface area contributed by atoms with Crippen molar-refractivity contribution in [2.45, 2.75) is 26.8 Å². The van der Waals surface area contributed by atoms with Gasteiger partial charge in [-0.3, -0.25) is 10.1 Å². The smallest absolute Gasteiger partial charge is 0.258 e. The Balaban J connectivity index is 1.92. The lowest BCUT2D eigenvalue weighted by Gasteiger charge is -2.10. The third-order valence-corrected chi connectivity index (χ3v) is 4.46. The minimum absolute atomic E-state index is 0.169. The van der Waals surface area contributed by atoms with Crippen LogP contribution in [0.5, 0.6) is 23.0 Å². The van der Waals surface area contributed by atoms with Gasteiger partial charge in [0.2, 0.25) is 5.95 Å². The molecule has 0 fully saturated rings. The fourth-order valence-electron chi connectivity index (χ4n) is 2.74. The van der Waals surface area contributed by atoms with Crippen molar-refractivity contribution in [2.75, 3.05) is 5.32 Å². The van der Waals surface area contributed by atoms with Crippen molar-refractivity contribution in [3.05, 3.63) is 48.2 Å². The molecule has 0 saturated carbocycles. The number of phenols is 4. The van der Waals surface area contributed by atoms with Crippen molar-refractivity contribution in [1.82, 2.24) is 9.55 Å². The minimum atomic E-state index is -0.489. The molecule has 3 aromatic rings. The molecule has 0 aliphatic carbocycles. The molecule has 1 aromatic heterocycles. The molecule has 8 heteroatoms. The van der Waals surface area contributed by atoms with Gasteiger partial charge >= 0.3 is 0 Å². The van der Waals surface area contributed by atoms with Gasteiger partial charge in [-0.2, -0.15) is 0 Å². The molecule has 0 atom stereocenters. The lowest BCUT2D eigenvalue weighted by molar-refractivity contribution is 0.102. The van der Waals surface area contributed by atoms with Gasteiger partial charge in [0.25, 0.3) is 5.91 Å². The van der Waals surface area contributed by atoms with E-state index in [4.69, 9.17) is 0 Å². The van der Waals surface area contributed by atoms with E-state index >= 15 is 0 Å². The highest BCUT2D eigenvalue weighted by molar-refractivity contribution is 6.04. The van der Waals surface area contributed by atoms with Crippen LogP contribution in [-0.4, -0.2) is 35.9 Å². The van der Waals surface area contributed by atoms with Crippen molar-refractivity contribution in [2.24, 2.45) is 5.92 Å². The number of rotatable bonds is 6. The highest BCUT2D eigenvalue weighted by Gasteiger charge is 2.16. The number of nitrogens with one attached hydrogen (secondary N) is 1. The molecule has 0 radical (unpaired) electrons. The average Bonchev–Trinajstić information content (AvgIpc) is 3.07. The van der Waals surface area contributed by atoms with E-state index in [1.165, 1.54) is 30.3 Å². The summed E-state index contributed by atoms with van der Waals surface area (Å²) in [4.78, 5) is 17.0. The summed E-state index contributed by atoms with van der Waals surface area (Å²) in [5.74, 6) is -0.924. The fourth-order valence-corrected chi connectivity index (χ4v) is 2.74. The summed E-state index contributed by atoms with van der Waals surface area (Å²) in [5, 5.41) is 41.0. The van der Waals surface area contributed by atoms with Gasteiger partial charge in [-0.05, 0) is 48.7 Å². The predicted molar refractivity (Wildman–Crippen MR) is 108 cm³/mol. The molecule has 0 saturated heterocycles. The molecule has 1 heterocycles. The first-order valence-electron chi connectivity index (χ1n) is 9.17. The largest absolute Gasteiger partial charge is 0.504 e. The fraction of sp³-hybridized carbons (Fsp3) is 0.238. The summed E-state index contributed by atoms with van der Waals surface area (Å²) in [6, 6.07) is 8.19. The number of benzene rings is 2. The Morgan fingerprint density at radius 1 is 1.00 bits per heavy atom. The van der Waals surface area contributed by atoms with Crippen LogP contribution < -0.4 is 5.32 Å². The molecule has 152 valence electrons. The molecule has 8 nitrogen and oxygen atoms in total. The normalized spacial score (nSPS) is 11.0. The summed E-state index contributed by atoms with van der Waals surface area (Å²) >= 11 is 0. The molecule has 0 bridgehead atoms. The van der Waals surface area contributed by atoms with Crippen LogP contribution >= 0.6 is 0 Å². The number of aryl methyl sites for hydroxylation is 1. The van der Waals surface area contributed by atoms with E-state index < -0.39 is 5.91 Å². The second-order valence-corrected chi connectivity index (χ2v) is 7.19. The molecule has 3 rings (SSSR count). The van der Waals surface area contributed by atoms with Crippen LogP contribution in [0.2, 0.25) is 0 Å². The summed E-state index contributed by atoms with van der Waals surface area (Å²) < 4.78 is 1.80. The number of aromatic hydroxyl groups is 4. The summed E-state index contributed by atoms with van der Waals surface area (Å²) in [7, 11) is 0. The first-order valence-corrected chi connectivity index (χ1v) is 9.17. The maximum Gasteiger partial charge on any atom is 0.258 e. The van der Waals surface area contributed by atoms with Gasteiger partial charge < -0.3 is 25.0 Å². The zero-order valence-corrected chi connectivity index (χ0v) is 16.1. The summed E-state index contributed by atoms with van der Waals surface area (Å²) in [5.41, 5.74) is 1.27. The van der Waals surface area contributed by atoms with Gasteiger partial charge in [-0.15, -0.1) is 0 Å². The second kappa shape index (κ2) is 8.14. The molecule has 0 aliphatic rings. The number of imidazole rings is 1. The Morgan fingerprint density at radius 2 is 1.66 bits per heavy atom. The molecule has 0 spiro atoms. The monoisotopic (exact) mass is 397 g/mol. The van der Waals surface area contributed by atoms with Crippen LogP contribution in [0.3, 0.4) is 0 Å². The zero-order chi connectivity index (χ0) is 21.1. The Morgan fingerprint density at radius 3 is 2.28 bits per heavy atom. The summed E-state index contributed by atoms with van der Waals surface area (Å²) in [6.07, 6.45) is 2.62. The molecular weight excluding hydrogens is 374 g/mol. The number of nitrogens with zero attached hydrogens (tertiary/aromatic N) is 2. The summed E-state index contributed by atoms with van der Waals surface area (Å²) in [6.45, 7) is 4.80. The Kier molecular flexibility index (Phi) is 5.63. The first-order chi connectivity index (χ1) is 13.7. The van der Waals surface area contributed by atoms with E-state index in [1.54, 1.807) is 16.8 Å². The van der Waals surface area contributed by atoms with Crippen LogP contribution in [0.1, 0.15) is 30.6 Å². The van der Waals surface area contributed by atoms with Gasteiger partial charge in [0.05, 0.1) is 5.69 Å². The number of amides is 1. The van der Waals surface area contributed by atoms with Crippen molar-refractivity contribution >= 4 is 11.9 Å². The van der Waals surface area contributed by atoms with Gasteiger partial charge in [0.1, 0.15) is 0 Å². The standard InChI is InChI=1S/C21H23N3O5/c1-12(2)7-8-24-11-15(13-3-5-16(25)18(27)9-13)22-21(24)23-20(29)14-4-6-17(26)19(28)10-14/h3-6,9-12,25-28H,7-8H2,1-2H3,(H,22,23,29). The van der Waals surface area contributed by atoms with E-state index in [0.29, 0.717) is 29.7 Å². The van der Waals surface area contributed by atoms with E-state index in [9.17, 15) is 25.2 Å². The van der Waals surface area contributed by atoms with Crippen molar-refractivity contribution < 1.29 is 25.2 Å². The van der Waals surface area contributed by atoms with Crippen LogP contribution in [0.25, 0.3) is 11.3 Å². The maximum absolute atomic E-state index is 12.6. The highest BCUT2D eigenvalue weighted by atomic mass is 16.3. The SMILES string of the molecule is CC(C)CCn1cc(-c2ccc(O)c(O)c2)nc1NC(=O)c1ccc(O)c(O)c1. The predicted octanol–water partition coefficient (Wildman–Crippen LogP) is 3.67. The molecule has 1 amide bonds. The third-order valence-electron chi connectivity index (χ3n) is 4.46. The average molecular weight is 397 g/mol. The number of hydrogen-bond acceptors (Lipinski definition) is 6. The third kappa shape index (κ3) is 4.60. The Bertz CT molecular complexity index is 1040. The molecule has 0 unspecified atom stereocenters. The van der Waals surface area contributed by atoms with Crippen LogP contribution in [0, 0.1) is 5.92 Å². The number of hydrogen-bond donors (Lipinski definition) is 5. The maximum atomic E-state index is 12.6. The van der Waals surface area contributed by atoms with Crippen molar-refractivity contribution in [3.8, 4) is 34.3 Å². The lowest BCUT2D eigenvalue weighted by Crippen LogP contribution is -2.16. The number of carbonyl (C=O) groups excluding carboxylic acids is 1. The minimum Gasteiger partial charge on any atom is -0.504 e. The van der Waals surface area contributed by atoms with Crippen LogP contribution in [-0.2, 0) is 6.54 Å². The molecule has 5 N–H and O–H groups in total. The van der Waals surface area contributed by atoms with Gasteiger partial charge in [-0.25, -0.2) is 4.98 Å². The number of carbonyl (C=O) groups is 1. The van der Waals surface area contributed by atoms with Crippen molar-refractivity contribution in [3.63, 3.8) is 0 Å². The quantitative estimate of drug-likeness (QED) is 0.404. The van der Waals surface area contributed by atoms with Crippen LogP contribution in [0.4, 0.5) is 5.95 Å².